The molecule has 0 atom stereocenters. The highest BCUT2D eigenvalue weighted by Crippen LogP contribution is 1.80. The van der Waals surface area contributed by atoms with Crippen LogP contribution in [0.15, 0.2) is 12.4 Å². The molecule has 1 N–H and O–H groups in total. The van der Waals surface area contributed by atoms with Crippen molar-refractivity contribution in [1.82, 2.24) is 4.98 Å². The number of rotatable bonds is 2. The maximum Gasteiger partial charge on any atom is 0.252 e. The first-order valence-electron chi connectivity index (χ1n) is 2.87. The van der Waals surface area contributed by atoms with E-state index < -0.39 is 0 Å². The molecule has 1 heterocycles. The lowest BCUT2D eigenvalue weighted by atomic mass is 10.7. The highest BCUT2D eigenvalue weighted by Gasteiger charge is 2.00. The smallest absolute Gasteiger partial charge is 0.252 e. The summed E-state index contributed by atoms with van der Waals surface area (Å²) in [7, 11) is 1.68. The van der Waals surface area contributed by atoms with E-state index in [1.54, 1.807) is 7.11 Å². The van der Waals surface area contributed by atoms with Crippen molar-refractivity contribution >= 4 is 0 Å². The Kier molecular flexibility index (Phi) is 1.85. The van der Waals surface area contributed by atoms with Crippen molar-refractivity contribution in [3.63, 3.8) is 0 Å². The van der Waals surface area contributed by atoms with Crippen LogP contribution in [-0.4, -0.2) is 12.1 Å². The first-order chi connectivity index (χ1) is 4.34. The molecule has 0 aliphatic rings. The van der Waals surface area contributed by atoms with Gasteiger partial charge in [0.15, 0.2) is 6.73 Å². The fraction of sp³-hybridized carbons (Fsp3) is 0.500. The number of methoxy groups -OCH3 is 1. The minimum Gasteiger partial charge on any atom is -0.345 e. The number of aromatic amines is 1. The van der Waals surface area contributed by atoms with Gasteiger partial charge in [0.1, 0.15) is 12.4 Å². The lowest BCUT2D eigenvalue weighted by Crippen LogP contribution is -2.35. The van der Waals surface area contributed by atoms with Gasteiger partial charge in [0.25, 0.3) is 5.82 Å². The first kappa shape index (κ1) is 6.29. The molecule has 0 radical (unpaired) electrons. The maximum atomic E-state index is 4.91. The number of nitrogens with zero attached hydrogens (tertiary/aromatic N) is 1. The molecule has 0 aliphatic carbocycles. The molecule has 0 amide bonds. The number of aryl methyl sites for hydroxylation is 1. The Morgan fingerprint density at radius 3 is 3.00 bits per heavy atom. The second kappa shape index (κ2) is 2.64. The van der Waals surface area contributed by atoms with Gasteiger partial charge in [-0.1, -0.05) is 0 Å². The maximum absolute atomic E-state index is 4.91. The molecular formula is C6H11N2O+. The predicted molar refractivity (Wildman–Crippen MR) is 32.7 cm³/mol. The van der Waals surface area contributed by atoms with E-state index in [4.69, 9.17) is 4.74 Å². The Morgan fingerprint density at radius 2 is 2.56 bits per heavy atom. The predicted octanol–water partition coefficient (Wildman–Crippen LogP) is 0.215. The number of aromatic nitrogens is 2. The van der Waals surface area contributed by atoms with Crippen molar-refractivity contribution in [3.8, 4) is 0 Å². The summed E-state index contributed by atoms with van der Waals surface area (Å²) < 4.78 is 6.90. The van der Waals surface area contributed by atoms with Crippen LogP contribution >= 0.6 is 0 Å². The second-order valence-electron chi connectivity index (χ2n) is 1.93. The molecule has 0 aliphatic heterocycles. The van der Waals surface area contributed by atoms with E-state index in [9.17, 15) is 0 Å². The van der Waals surface area contributed by atoms with Crippen molar-refractivity contribution in [2.45, 2.75) is 13.7 Å². The zero-order chi connectivity index (χ0) is 6.69. The van der Waals surface area contributed by atoms with Crippen LogP contribution < -0.4 is 4.57 Å². The van der Waals surface area contributed by atoms with Crippen LogP contribution in [0.5, 0.6) is 0 Å². The van der Waals surface area contributed by atoms with Gasteiger partial charge in [-0.15, -0.1) is 0 Å². The van der Waals surface area contributed by atoms with Crippen LogP contribution in [0.4, 0.5) is 0 Å². The molecule has 0 unspecified atom stereocenters. The summed E-state index contributed by atoms with van der Waals surface area (Å²) in [6.07, 6.45) is 3.83. The SMILES string of the molecule is COC[n+]1cc[nH]c1C. The third-order valence-corrected chi connectivity index (χ3v) is 1.25. The minimum atomic E-state index is 0.620. The van der Waals surface area contributed by atoms with E-state index in [0.29, 0.717) is 6.73 Å². The molecule has 1 aromatic rings. The van der Waals surface area contributed by atoms with E-state index in [2.05, 4.69) is 4.98 Å². The monoisotopic (exact) mass is 127 g/mol. The molecule has 0 saturated heterocycles. The van der Waals surface area contributed by atoms with Crippen molar-refractivity contribution in [1.29, 1.82) is 0 Å². The van der Waals surface area contributed by atoms with Gasteiger partial charge in [-0.2, -0.15) is 0 Å². The van der Waals surface area contributed by atoms with Gasteiger partial charge in [-0.3, -0.25) is 0 Å². The summed E-state index contributed by atoms with van der Waals surface area (Å²) in [6.45, 7) is 2.62. The number of H-pyrrole nitrogens is 1. The summed E-state index contributed by atoms with van der Waals surface area (Å²) in [5.74, 6) is 1.11. The van der Waals surface area contributed by atoms with Gasteiger partial charge in [-0.25, -0.2) is 9.55 Å². The average molecular weight is 127 g/mol. The van der Waals surface area contributed by atoms with Crippen LogP contribution in [0.2, 0.25) is 0 Å². The van der Waals surface area contributed by atoms with Crippen LogP contribution in [0.25, 0.3) is 0 Å². The first-order valence-corrected chi connectivity index (χ1v) is 2.87. The van der Waals surface area contributed by atoms with Gasteiger partial charge in [0.2, 0.25) is 0 Å². The molecule has 50 valence electrons. The molecule has 3 nitrogen and oxygen atoms in total. The van der Waals surface area contributed by atoms with Crippen LogP contribution in [0.1, 0.15) is 5.82 Å². The van der Waals surface area contributed by atoms with Crippen molar-refractivity contribution in [2.75, 3.05) is 7.11 Å². The highest BCUT2D eigenvalue weighted by atomic mass is 16.5. The quantitative estimate of drug-likeness (QED) is 0.565. The fourth-order valence-electron chi connectivity index (χ4n) is 0.721. The Balaban J connectivity index is 2.69. The van der Waals surface area contributed by atoms with Gasteiger partial charge >= 0.3 is 0 Å². The van der Waals surface area contributed by atoms with Crippen molar-refractivity contribution < 1.29 is 9.30 Å². The minimum absolute atomic E-state index is 0.620. The largest absolute Gasteiger partial charge is 0.345 e. The molecule has 3 heteroatoms. The van der Waals surface area contributed by atoms with Crippen molar-refractivity contribution in [3.05, 3.63) is 18.2 Å². The Hall–Kier alpha value is -0.830. The molecule has 0 aromatic carbocycles. The molecule has 0 spiro atoms. The number of nitrogens with one attached hydrogen (secondary N) is 1. The second-order valence-corrected chi connectivity index (χ2v) is 1.93. The van der Waals surface area contributed by atoms with E-state index in [-0.39, 0.29) is 0 Å². The van der Waals surface area contributed by atoms with Crippen LogP contribution in [0, 0.1) is 6.92 Å². The summed E-state index contributed by atoms with van der Waals surface area (Å²) in [5, 5.41) is 0. The third kappa shape index (κ3) is 1.29. The summed E-state index contributed by atoms with van der Waals surface area (Å²) in [6, 6.07) is 0. The number of hydrogen-bond acceptors (Lipinski definition) is 1. The number of imidazole rings is 1. The Bertz CT molecular complexity index is 183. The number of ether oxygens (including phenoxy) is 1. The van der Waals surface area contributed by atoms with E-state index in [1.807, 2.05) is 23.9 Å². The highest BCUT2D eigenvalue weighted by molar-refractivity contribution is 4.69. The number of hydrogen-bond donors (Lipinski definition) is 1. The Morgan fingerprint density at radius 1 is 1.78 bits per heavy atom. The topological polar surface area (TPSA) is 28.9 Å². The van der Waals surface area contributed by atoms with E-state index in [0.717, 1.165) is 5.82 Å². The van der Waals surface area contributed by atoms with Crippen molar-refractivity contribution in [2.24, 2.45) is 0 Å². The molecule has 9 heavy (non-hydrogen) atoms. The standard InChI is InChI=1S/C6H10N2O/c1-6-7-3-4-8(6)5-9-2/h3-4H,5H2,1-2H3/p+1. The molecule has 0 saturated carbocycles. The van der Waals surface area contributed by atoms with Gasteiger partial charge in [0.05, 0.1) is 0 Å². The molecule has 1 rings (SSSR count). The molecule has 0 bridgehead atoms. The zero-order valence-corrected chi connectivity index (χ0v) is 5.72. The lowest BCUT2D eigenvalue weighted by Gasteiger charge is -1.92. The van der Waals surface area contributed by atoms with E-state index >= 15 is 0 Å². The molecule has 1 aromatic heterocycles. The van der Waals surface area contributed by atoms with E-state index in [1.165, 1.54) is 0 Å². The van der Waals surface area contributed by atoms with Gasteiger partial charge in [0, 0.05) is 14.0 Å². The van der Waals surface area contributed by atoms with Crippen LogP contribution in [-0.2, 0) is 11.5 Å². The summed E-state index contributed by atoms with van der Waals surface area (Å²) in [5.41, 5.74) is 0. The average Bonchev–Trinajstić information content (AvgIpc) is 2.18. The molecular weight excluding hydrogens is 116 g/mol. The lowest BCUT2D eigenvalue weighted by molar-refractivity contribution is -0.735. The van der Waals surface area contributed by atoms with Crippen LogP contribution in [0.3, 0.4) is 0 Å². The van der Waals surface area contributed by atoms with Gasteiger partial charge in [-0.05, 0) is 0 Å². The fourth-order valence-corrected chi connectivity index (χ4v) is 0.721. The summed E-state index contributed by atoms with van der Waals surface area (Å²) in [4.78, 5) is 3.04. The summed E-state index contributed by atoms with van der Waals surface area (Å²) >= 11 is 0. The zero-order valence-electron chi connectivity index (χ0n) is 5.72. The third-order valence-electron chi connectivity index (χ3n) is 1.25. The normalized spacial score (nSPS) is 10.0. The molecule has 0 fully saturated rings. The Labute approximate surface area is 54.3 Å². The van der Waals surface area contributed by atoms with Gasteiger partial charge < -0.3 is 4.74 Å².